The number of hydrogen-bond donors (Lipinski definition) is 0. The van der Waals surface area contributed by atoms with Gasteiger partial charge >= 0.3 is 5.97 Å². The molecule has 9 heteroatoms. The number of hydrogen-bond acceptors (Lipinski definition) is 5. The summed E-state index contributed by atoms with van der Waals surface area (Å²) in [7, 11) is -3.72. The Morgan fingerprint density at radius 3 is 2.38 bits per heavy atom. The van der Waals surface area contributed by atoms with Crippen LogP contribution in [0.4, 0.5) is 5.69 Å². The number of likely N-dealkylation sites (tertiary alicyclic amines) is 1. The summed E-state index contributed by atoms with van der Waals surface area (Å²) in [4.78, 5) is 26.8. The van der Waals surface area contributed by atoms with Crippen LogP contribution in [0.15, 0.2) is 18.2 Å². The van der Waals surface area contributed by atoms with Gasteiger partial charge in [0.1, 0.15) is 6.04 Å². The second-order valence-corrected chi connectivity index (χ2v) is 9.53. The zero-order valence-electron chi connectivity index (χ0n) is 17.4. The number of aryl methyl sites for hydroxylation is 1. The van der Waals surface area contributed by atoms with Crippen molar-refractivity contribution < 1.29 is 22.7 Å². The van der Waals surface area contributed by atoms with E-state index in [1.807, 2.05) is 6.92 Å². The summed E-state index contributed by atoms with van der Waals surface area (Å²) in [5, 5.41) is 0.439. The third-order valence-electron chi connectivity index (χ3n) is 5.15. The van der Waals surface area contributed by atoms with Crippen LogP contribution in [0.3, 0.4) is 0 Å². The molecule has 162 valence electrons. The lowest BCUT2D eigenvalue weighted by Gasteiger charge is -2.37. The number of amides is 1. The molecule has 1 aromatic carbocycles. The van der Waals surface area contributed by atoms with E-state index in [1.54, 1.807) is 36.9 Å². The van der Waals surface area contributed by atoms with Crippen LogP contribution in [0.1, 0.15) is 38.7 Å². The van der Waals surface area contributed by atoms with Gasteiger partial charge in [-0.1, -0.05) is 24.6 Å². The molecule has 1 aromatic rings. The van der Waals surface area contributed by atoms with Crippen LogP contribution in [-0.4, -0.2) is 57.2 Å². The minimum absolute atomic E-state index is 0.221. The fourth-order valence-electron chi connectivity index (χ4n) is 3.57. The molecule has 2 rings (SSSR count). The maximum atomic E-state index is 13.2. The third-order valence-corrected chi connectivity index (χ3v) is 6.74. The lowest BCUT2D eigenvalue weighted by atomic mass is 9.96. The molecule has 1 aliphatic heterocycles. The Kier molecular flexibility index (Phi) is 7.94. The smallest absolute Gasteiger partial charge is 0.309 e. The van der Waals surface area contributed by atoms with Crippen molar-refractivity contribution in [3.63, 3.8) is 0 Å². The molecule has 0 N–H and O–H groups in total. The average Bonchev–Trinajstić information content (AvgIpc) is 2.67. The molecule has 1 heterocycles. The summed E-state index contributed by atoms with van der Waals surface area (Å²) in [6.45, 7) is 6.49. The average molecular weight is 445 g/mol. The van der Waals surface area contributed by atoms with Gasteiger partial charge in [-0.05, 0) is 50.8 Å². The highest BCUT2D eigenvalue weighted by atomic mass is 35.5. The Hall–Kier alpha value is -1.80. The third kappa shape index (κ3) is 5.63. The summed E-state index contributed by atoms with van der Waals surface area (Å²) in [5.74, 6) is -0.725. The first-order valence-corrected chi connectivity index (χ1v) is 12.0. The van der Waals surface area contributed by atoms with Crippen LogP contribution >= 0.6 is 11.6 Å². The zero-order valence-corrected chi connectivity index (χ0v) is 18.9. The summed E-state index contributed by atoms with van der Waals surface area (Å²) in [5.41, 5.74) is 1.19. The highest BCUT2D eigenvalue weighted by molar-refractivity contribution is 7.92. The van der Waals surface area contributed by atoms with Crippen molar-refractivity contribution in [2.24, 2.45) is 5.92 Å². The summed E-state index contributed by atoms with van der Waals surface area (Å²) >= 11 is 6.19. The van der Waals surface area contributed by atoms with Crippen LogP contribution in [-0.2, 0) is 24.3 Å². The number of halogens is 1. The van der Waals surface area contributed by atoms with Crippen molar-refractivity contribution in [1.29, 1.82) is 0 Å². The van der Waals surface area contributed by atoms with Gasteiger partial charge in [0.25, 0.3) is 0 Å². The predicted octanol–water partition coefficient (Wildman–Crippen LogP) is 2.99. The zero-order chi connectivity index (χ0) is 21.8. The lowest BCUT2D eigenvalue weighted by Crippen LogP contribution is -2.52. The molecule has 1 saturated heterocycles. The van der Waals surface area contributed by atoms with Crippen molar-refractivity contribution in [3.8, 4) is 0 Å². The fraction of sp³-hybridized carbons (Fsp3) is 0.600. The van der Waals surface area contributed by atoms with Crippen LogP contribution in [0.5, 0.6) is 0 Å². The molecule has 1 atom stereocenters. The van der Waals surface area contributed by atoms with Crippen LogP contribution < -0.4 is 4.31 Å². The van der Waals surface area contributed by atoms with Gasteiger partial charge in [-0.3, -0.25) is 13.9 Å². The number of sulfonamides is 1. The van der Waals surface area contributed by atoms with E-state index in [0.29, 0.717) is 49.7 Å². The standard InChI is InChI=1S/C20H29ClN2O5S/c1-5-18(19(24)22-11-9-15(10-12-22)20(25)28-6-2)23(29(4,26)27)16-8-7-14(3)17(21)13-16/h7-8,13,15,18H,5-6,9-12H2,1-4H3. The molecule has 0 aromatic heterocycles. The van der Waals surface area contributed by atoms with Gasteiger partial charge in [0.05, 0.1) is 24.5 Å². The quantitative estimate of drug-likeness (QED) is 0.603. The number of esters is 1. The van der Waals surface area contributed by atoms with Gasteiger partial charge in [-0.25, -0.2) is 8.42 Å². The van der Waals surface area contributed by atoms with Gasteiger partial charge in [-0.2, -0.15) is 0 Å². The molecule has 7 nitrogen and oxygen atoms in total. The Labute approximate surface area is 178 Å². The molecule has 0 aliphatic carbocycles. The number of anilines is 1. The number of ether oxygens (including phenoxy) is 1. The van der Waals surface area contributed by atoms with Crippen LogP contribution in [0.25, 0.3) is 0 Å². The largest absolute Gasteiger partial charge is 0.466 e. The van der Waals surface area contributed by atoms with Gasteiger partial charge < -0.3 is 9.64 Å². The molecule has 29 heavy (non-hydrogen) atoms. The highest BCUT2D eigenvalue weighted by Crippen LogP contribution is 2.29. The number of nitrogens with zero attached hydrogens (tertiary/aromatic N) is 2. The number of piperidine rings is 1. The van der Waals surface area contributed by atoms with E-state index in [1.165, 1.54) is 0 Å². The number of benzene rings is 1. The summed E-state index contributed by atoms with van der Waals surface area (Å²) in [6, 6.07) is 4.09. The SMILES string of the molecule is CCOC(=O)C1CCN(C(=O)C(CC)N(c2ccc(C)c(Cl)c2)S(C)(=O)=O)CC1. The molecule has 0 bridgehead atoms. The van der Waals surface area contributed by atoms with E-state index in [9.17, 15) is 18.0 Å². The minimum atomic E-state index is -3.72. The lowest BCUT2D eigenvalue weighted by molar-refractivity contribution is -0.151. The normalized spacial score (nSPS) is 16.4. The van der Waals surface area contributed by atoms with E-state index in [4.69, 9.17) is 16.3 Å². The number of rotatable bonds is 7. The monoisotopic (exact) mass is 444 g/mol. The molecular weight excluding hydrogens is 416 g/mol. The van der Waals surface area contributed by atoms with E-state index < -0.39 is 16.1 Å². The maximum Gasteiger partial charge on any atom is 0.309 e. The number of carbonyl (C=O) groups excluding carboxylic acids is 2. The molecule has 0 spiro atoms. The first kappa shape index (κ1) is 23.5. The first-order valence-electron chi connectivity index (χ1n) is 9.81. The topological polar surface area (TPSA) is 84.0 Å². The maximum absolute atomic E-state index is 13.2. The van der Waals surface area contributed by atoms with Gasteiger partial charge in [0, 0.05) is 18.1 Å². The van der Waals surface area contributed by atoms with Crippen molar-refractivity contribution in [1.82, 2.24) is 4.90 Å². The van der Waals surface area contributed by atoms with Crippen molar-refractivity contribution >= 4 is 39.2 Å². The van der Waals surface area contributed by atoms with Crippen molar-refractivity contribution in [2.75, 3.05) is 30.3 Å². The van der Waals surface area contributed by atoms with Crippen LogP contribution in [0.2, 0.25) is 5.02 Å². The van der Waals surface area contributed by atoms with Crippen LogP contribution in [0, 0.1) is 12.8 Å². The van der Waals surface area contributed by atoms with Gasteiger partial charge in [-0.15, -0.1) is 0 Å². The van der Waals surface area contributed by atoms with E-state index in [-0.39, 0.29) is 17.8 Å². The Bertz CT molecular complexity index is 850. The number of carbonyl (C=O) groups is 2. The fourth-order valence-corrected chi connectivity index (χ4v) is 4.94. The molecule has 0 saturated carbocycles. The van der Waals surface area contributed by atoms with Crippen molar-refractivity contribution in [2.45, 2.75) is 46.1 Å². The first-order chi connectivity index (χ1) is 13.6. The Morgan fingerprint density at radius 1 is 1.28 bits per heavy atom. The van der Waals surface area contributed by atoms with Gasteiger partial charge in [0.2, 0.25) is 15.9 Å². The molecular formula is C20H29ClN2O5S. The summed E-state index contributed by atoms with van der Waals surface area (Å²) in [6.07, 6.45) is 2.42. The van der Waals surface area contributed by atoms with Gasteiger partial charge in [0.15, 0.2) is 0 Å². The molecule has 1 aliphatic rings. The Morgan fingerprint density at radius 2 is 1.90 bits per heavy atom. The van der Waals surface area contributed by atoms with E-state index in [2.05, 4.69) is 0 Å². The van der Waals surface area contributed by atoms with Crippen molar-refractivity contribution in [3.05, 3.63) is 28.8 Å². The second-order valence-electron chi connectivity index (χ2n) is 7.27. The van der Waals surface area contributed by atoms with E-state index in [0.717, 1.165) is 16.1 Å². The molecule has 0 radical (unpaired) electrons. The minimum Gasteiger partial charge on any atom is -0.466 e. The second kappa shape index (κ2) is 9.80. The predicted molar refractivity (Wildman–Crippen MR) is 114 cm³/mol. The highest BCUT2D eigenvalue weighted by Gasteiger charge is 2.36. The summed E-state index contributed by atoms with van der Waals surface area (Å²) < 4.78 is 31.4. The van der Waals surface area contributed by atoms with E-state index >= 15 is 0 Å². The molecule has 1 unspecified atom stereocenters. The Balaban J connectivity index is 2.23. The molecule has 1 amide bonds. The molecule has 1 fully saturated rings.